The minimum absolute atomic E-state index is 0.0304. The molecule has 0 aliphatic rings. The average molecular weight is 353 g/mol. The molecule has 2 aromatic heterocycles. The number of nitrogens with zero attached hydrogens (tertiary/aromatic N) is 3. The predicted octanol–water partition coefficient (Wildman–Crippen LogP) is 2.32. The molecule has 0 unspecified atom stereocenters. The summed E-state index contributed by atoms with van der Waals surface area (Å²) in [4.78, 5) is 16.5. The number of carbonyl (C=O) groups excluding carboxylic acids is 1. The second-order valence-corrected chi connectivity index (χ2v) is 6.68. The smallest absolute Gasteiger partial charge is 0.156 e. The van der Waals surface area contributed by atoms with Crippen LogP contribution in [0, 0.1) is 0 Å². The van der Waals surface area contributed by atoms with Crippen molar-refractivity contribution in [2.75, 3.05) is 12.4 Å². The highest BCUT2D eigenvalue weighted by molar-refractivity contribution is 7.14. The predicted molar refractivity (Wildman–Crippen MR) is 99.5 cm³/mol. The van der Waals surface area contributed by atoms with E-state index in [0.29, 0.717) is 11.4 Å². The lowest BCUT2D eigenvalue weighted by molar-refractivity contribution is -0.119. The zero-order valence-corrected chi connectivity index (χ0v) is 14.7. The summed E-state index contributed by atoms with van der Waals surface area (Å²) in [7, 11) is 1.81. The fourth-order valence-electron chi connectivity index (χ4n) is 2.40. The van der Waals surface area contributed by atoms with Crippen LogP contribution >= 0.6 is 11.3 Å². The van der Waals surface area contributed by atoms with Gasteiger partial charge in [-0.15, -0.1) is 10.2 Å². The van der Waals surface area contributed by atoms with Crippen molar-refractivity contribution in [1.29, 1.82) is 0 Å². The molecule has 0 fully saturated rings. The molecule has 0 saturated carbocycles. The van der Waals surface area contributed by atoms with E-state index in [2.05, 4.69) is 20.5 Å². The zero-order valence-electron chi connectivity index (χ0n) is 13.8. The Morgan fingerprint density at radius 3 is 2.80 bits per heavy atom. The van der Waals surface area contributed by atoms with Crippen LogP contribution in [0.1, 0.15) is 10.6 Å². The van der Waals surface area contributed by atoms with Crippen LogP contribution in [0.25, 0.3) is 10.6 Å². The molecule has 0 saturated heterocycles. The Morgan fingerprint density at radius 1 is 1.24 bits per heavy atom. The minimum atomic E-state index is -0.536. The highest BCUT2D eigenvalue weighted by Gasteiger charge is 2.17. The van der Waals surface area contributed by atoms with E-state index in [9.17, 15) is 4.79 Å². The van der Waals surface area contributed by atoms with Crippen LogP contribution in [0.2, 0.25) is 0 Å². The van der Waals surface area contributed by atoms with E-state index in [1.54, 1.807) is 6.20 Å². The van der Waals surface area contributed by atoms with Crippen molar-refractivity contribution in [3.63, 3.8) is 0 Å². The van der Waals surface area contributed by atoms with E-state index in [1.165, 1.54) is 11.3 Å². The normalized spacial score (nSPS) is 11.9. The molecule has 6 nitrogen and oxygen atoms in total. The number of ketones is 1. The third kappa shape index (κ3) is 4.46. The van der Waals surface area contributed by atoms with Gasteiger partial charge in [0.1, 0.15) is 15.8 Å². The lowest BCUT2D eigenvalue weighted by atomic mass is 10.0. The number of hydrogen-bond donors (Lipinski definition) is 2. The molecule has 0 aliphatic carbocycles. The van der Waals surface area contributed by atoms with Crippen molar-refractivity contribution in [2.24, 2.45) is 5.73 Å². The molecule has 0 aliphatic heterocycles. The van der Waals surface area contributed by atoms with Crippen molar-refractivity contribution in [3.8, 4) is 10.6 Å². The Bertz CT molecular complexity index is 849. The first kappa shape index (κ1) is 17.2. The van der Waals surface area contributed by atoms with E-state index in [1.807, 2.05) is 49.5 Å². The molecule has 0 spiro atoms. The number of anilines is 1. The number of hydrogen-bond acceptors (Lipinski definition) is 7. The first-order valence-electron chi connectivity index (χ1n) is 7.94. The molecule has 25 heavy (non-hydrogen) atoms. The van der Waals surface area contributed by atoms with Gasteiger partial charge in [-0.3, -0.25) is 4.79 Å². The Morgan fingerprint density at radius 2 is 2.04 bits per heavy atom. The van der Waals surface area contributed by atoms with Crippen LogP contribution in [0.5, 0.6) is 0 Å². The Labute approximate surface area is 150 Å². The van der Waals surface area contributed by atoms with Gasteiger partial charge >= 0.3 is 0 Å². The maximum atomic E-state index is 12.4. The van der Waals surface area contributed by atoms with E-state index in [4.69, 9.17) is 5.73 Å². The van der Waals surface area contributed by atoms with E-state index < -0.39 is 6.04 Å². The van der Waals surface area contributed by atoms with E-state index in [-0.39, 0.29) is 12.2 Å². The van der Waals surface area contributed by atoms with Gasteiger partial charge < -0.3 is 11.1 Å². The fraction of sp³-hybridized carbons (Fsp3) is 0.222. The summed E-state index contributed by atoms with van der Waals surface area (Å²) >= 11 is 1.40. The van der Waals surface area contributed by atoms with Crippen LogP contribution < -0.4 is 11.1 Å². The monoisotopic (exact) mass is 353 g/mol. The standard InChI is InChI=1S/C18H19N5OS/c1-20-16-10-13(7-8-21-16)18-23-22-17(25-18)11-15(24)14(19)9-12-5-3-2-4-6-12/h2-8,10,14H,9,11,19H2,1H3,(H,20,21)/t14-/m0/s1. The van der Waals surface area contributed by atoms with Crippen molar-refractivity contribution < 1.29 is 4.79 Å². The van der Waals surface area contributed by atoms with Gasteiger partial charge in [0, 0.05) is 18.8 Å². The second-order valence-electron chi connectivity index (χ2n) is 5.62. The summed E-state index contributed by atoms with van der Waals surface area (Å²) in [6.07, 6.45) is 2.44. The minimum Gasteiger partial charge on any atom is -0.373 e. The van der Waals surface area contributed by atoms with Gasteiger partial charge in [-0.1, -0.05) is 41.7 Å². The van der Waals surface area contributed by atoms with Crippen LogP contribution in [-0.4, -0.2) is 34.1 Å². The number of nitrogens with one attached hydrogen (secondary N) is 1. The topological polar surface area (TPSA) is 93.8 Å². The lowest BCUT2D eigenvalue weighted by Crippen LogP contribution is -2.33. The van der Waals surface area contributed by atoms with Gasteiger partial charge in [-0.2, -0.15) is 0 Å². The van der Waals surface area contributed by atoms with E-state index >= 15 is 0 Å². The number of carbonyl (C=O) groups is 1. The second kappa shape index (κ2) is 7.96. The summed E-state index contributed by atoms with van der Waals surface area (Å²) in [5, 5.41) is 12.7. The molecule has 1 atom stereocenters. The average Bonchev–Trinajstić information content (AvgIpc) is 3.11. The summed E-state index contributed by atoms with van der Waals surface area (Å²) in [6.45, 7) is 0. The van der Waals surface area contributed by atoms with Crippen molar-refractivity contribution >= 4 is 22.9 Å². The maximum absolute atomic E-state index is 12.4. The SMILES string of the molecule is CNc1cc(-c2nnc(CC(=O)[C@@H](N)Cc3ccccc3)s2)ccn1. The molecule has 0 radical (unpaired) electrons. The van der Waals surface area contributed by atoms with Crippen molar-refractivity contribution in [2.45, 2.75) is 18.9 Å². The molecule has 0 bridgehead atoms. The first-order chi connectivity index (χ1) is 12.2. The van der Waals surface area contributed by atoms with Crippen molar-refractivity contribution in [1.82, 2.24) is 15.2 Å². The molecule has 3 aromatic rings. The highest BCUT2D eigenvalue weighted by atomic mass is 32.1. The molecule has 1 aromatic carbocycles. The number of pyridine rings is 1. The van der Waals surface area contributed by atoms with Crippen LogP contribution in [0.4, 0.5) is 5.82 Å². The third-order valence-electron chi connectivity index (χ3n) is 3.77. The Hall–Kier alpha value is -2.64. The summed E-state index contributed by atoms with van der Waals surface area (Å²) in [5.74, 6) is 0.729. The van der Waals surface area contributed by atoms with Gasteiger partial charge in [-0.05, 0) is 24.1 Å². The summed E-state index contributed by atoms with van der Waals surface area (Å²) < 4.78 is 0. The summed E-state index contributed by atoms with van der Waals surface area (Å²) in [6, 6.07) is 13.0. The third-order valence-corrected chi connectivity index (χ3v) is 4.74. The van der Waals surface area contributed by atoms with Gasteiger partial charge in [0.25, 0.3) is 0 Å². The molecule has 2 heterocycles. The molecule has 128 valence electrons. The maximum Gasteiger partial charge on any atom is 0.156 e. The van der Waals surface area contributed by atoms with Crippen LogP contribution in [0.3, 0.4) is 0 Å². The van der Waals surface area contributed by atoms with Gasteiger partial charge in [-0.25, -0.2) is 4.98 Å². The largest absolute Gasteiger partial charge is 0.373 e. The number of benzene rings is 1. The van der Waals surface area contributed by atoms with E-state index in [0.717, 1.165) is 22.0 Å². The Kier molecular flexibility index (Phi) is 5.47. The fourth-order valence-corrected chi connectivity index (χ4v) is 3.25. The quantitative estimate of drug-likeness (QED) is 0.677. The molecular weight excluding hydrogens is 334 g/mol. The van der Waals surface area contributed by atoms with Crippen LogP contribution in [0.15, 0.2) is 48.7 Å². The molecule has 7 heteroatoms. The molecule has 3 rings (SSSR count). The Balaban J connectivity index is 1.65. The number of rotatable bonds is 7. The summed E-state index contributed by atoms with van der Waals surface area (Å²) in [5.41, 5.74) is 8.02. The molecular formula is C18H19N5OS. The number of Topliss-reactive ketones (excluding diaryl/α,β-unsaturated/α-hetero) is 1. The number of nitrogens with two attached hydrogens (primary N) is 1. The number of aromatic nitrogens is 3. The molecule has 0 amide bonds. The van der Waals surface area contributed by atoms with Crippen molar-refractivity contribution in [3.05, 3.63) is 59.2 Å². The molecule has 3 N–H and O–H groups in total. The highest BCUT2D eigenvalue weighted by Crippen LogP contribution is 2.25. The zero-order chi connectivity index (χ0) is 17.6. The van der Waals surface area contributed by atoms with Gasteiger partial charge in [0.2, 0.25) is 0 Å². The lowest BCUT2D eigenvalue weighted by Gasteiger charge is -2.09. The van der Waals surface area contributed by atoms with Gasteiger partial charge in [0.15, 0.2) is 5.78 Å². The van der Waals surface area contributed by atoms with Crippen LogP contribution in [-0.2, 0) is 17.6 Å². The van der Waals surface area contributed by atoms with Gasteiger partial charge in [0.05, 0.1) is 12.5 Å². The first-order valence-corrected chi connectivity index (χ1v) is 8.76.